The molecule has 1 aliphatic rings. The van der Waals surface area contributed by atoms with E-state index in [4.69, 9.17) is 0 Å². The van der Waals surface area contributed by atoms with E-state index >= 15 is 0 Å². The zero-order valence-corrected chi connectivity index (χ0v) is 7.49. The topological polar surface area (TPSA) is 40.6 Å². The third-order valence-electron chi connectivity index (χ3n) is 2.31. The molecule has 68 valence electrons. The smallest absolute Gasteiger partial charge is 0.246 e. The third-order valence-corrected chi connectivity index (χ3v) is 2.31. The fourth-order valence-electron chi connectivity index (χ4n) is 1.51. The number of carbonyl (C=O) groups is 2. The molecule has 1 heterocycles. The number of amides is 2. The summed E-state index contributed by atoms with van der Waals surface area (Å²) in [7, 11) is 3.41. The second-order valence-corrected chi connectivity index (χ2v) is 3.19. The lowest BCUT2D eigenvalue weighted by atomic mass is 10.2. The van der Waals surface area contributed by atoms with Crippen LogP contribution >= 0.6 is 0 Å². The molecule has 2 amide bonds. The highest BCUT2D eigenvalue weighted by molar-refractivity contribution is 5.89. The Labute approximate surface area is 72.1 Å². The van der Waals surface area contributed by atoms with E-state index in [1.54, 1.807) is 0 Å². The number of imide groups is 1. The predicted octanol–water partition coefficient (Wildman–Crippen LogP) is -0.305. The lowest BCUT2D eigenvalue weighted by Crippen LogP contribution is -2.41. The van der Waals surface area contributed by atoms with Crippen molar-refractivity contribution in [1.82, 2.24) is 9.80 Å². The molecule has 0 saturated carbocycles. The first-order chi connectivity index (χ1) is 5.66. The summed E-state index contributed by atoms with van der Waals surface area (Å²) in [5, 5.41) is 0. The highest BCUT2D eigenvalue weighted by atomic mass is 16.2. The minimum atomic E-state index is -0.0926. The van der Waals surface area contributed by atoms with Crippen molar-refractivity contribution in [2.45, 2.75) is 18.9 Å². The normalized spacial score (nSPS) is 24.0. The molecular formula is C8H14N2O2. The lowest BCUT2D eigenvalue weighted by Gasteiger charge is -2.20. The van der Waals surface area contributed by atoms with Crippen LogP contribution in [-0.4, -0.2) is 48.8 Å². The van der Waals surface area contributed by atoms with Crippen molar-refractivity contribution in [1.29, 1.82) is 0 Å². The molecule has 1 unspecified atom stereocenters. The largest absolute Gasteiger partial charge is 0.295 e. The summed E-state index contributed by atoms with van der Waals surface area (Å²) < 4.78 is 0. The Bertz CT molecular complexity index is 193. The van der Waals surface area contributed by atoms with Crippen LogP contribution in [0, 0.1) is 0 Å². The molecule has 1 aliphatic heterocycles. The van der Waals surface area contributed by atoms with Crippen LogP contribution in [-0.2, 0) is 9.59 Å². The van der Waals surface area contributed by atoms with Crippen LogP contribution < -0.4 is 0 Å². The van der Waals surface area contributed by atoms with Gasteiger partial charge in [0.2, 0.25) is 12.3 Å². The summed E-state index contributed by atoms with van der Waals surface area (Å²) in [5.41, 5.74) is 0. The fraction of sp³-hybridized carbons (Fsp3) is 0.750. The Morgan fingerprint density at radius 2 is 2.33 bits per heavy atom. The Kier molecular flexibility index (Phi) is 2.81. The van der Waals surface area contributed by atoms with Crippen LogP contribution in [0.4, 0.5) is 0 Å². The summed E-state index contributed by atoms with van der Waals surface area (Å²) >= 11 is 0. The molecule has 1 rings (SSSR count). The van der Waals surface area contributed by atoms with Gasteiger partial charge in [0.15, 0.2) is 0 Å². The van der Waals surface area contributed by atoms with Gasteiger partial charge in [0.25, 0.3) is 0 Å². The van der Waals surface area contributed by atoms with Gasteiger partial charge in [0.05, 0.1) is 6.04 Å². The van der Waals surface area contributed by atoms with Crippen molar-refractivity contribution < 1.29 is 9.59 Å². The highest BCUT2D eigenvalue weighted by Crippen LogP contribution is 2.15. The average Bonchev–Trinajstić information content (AvgIpc) is 2.48. The molecule has 1 saturated heterocycles. The Morgan fingerprint density at radius 1 is 1.67 bits per heavy atom. The minimum Gasteiger partial charge on any atom is -0.295 e. The second kappa shape index (κ2) is 3.67. The van der Waals surface area contributed by atoms with Crippen molar-refractivity contribution >= 4 is 12.3 Å². The number of hydrogen-bond donors (Lipinski definition) is 0. The van der Waals surface area contributed by atoms with E-state index in [0.29, 0.717) is 6.41 Å². The molecule has 4 nitrogen and oxygen atoms in total. The van der Waals surface area contributed by atoms with E-state index in [1.165, 1.54) is 7.05 Å². The molecule has 1 fully saturated rings. The third kappa shape index (κ3) is 1.64. The summed E-state index contributed by atoms with van der Waals surface area (Å²) in [6.45, 7) is 0.948. The molecule has 0 radical (unpaired) electrons. The van der Waals surface area contributed by atoms with Gasteiger partial charge >= 0.3 is 0 Å². The van der Waals surface area contributed by atoms with Crippen LogP contribution in [0.2, 0.25) is 0 Å². The fourth-order valence-corrected chi connectivity index (χ4v) is 1.51. The maximum Gasteiger partial charge on any atom is 0.246 e. The highest BCUT2D eigenvalue weighted by Gasteiger charge is 2.29. The summed E-state index contributed by atoms with van der Waals surface area (Å²) in [5.74, 6) is -0.0926. The van der Waals surface area contributed by atoms with Crippen molar-refractivity contribution in [2.24, 2.45) is 0 Å². The molecule has 12 heavy (non-hydrogen) atoms. The molecule has 0 aromatic rings. The van der Waals surface area contributed by atoms with Crippen molar-refractivity contribution in [3.8, 4) is 0 Å². The zero-order chi connectivity index (χ0) is 9.14. The zero-order valence-electron chi connectivity index (χ0n) is 7.49. The molecule has 0 spiro atoms. The van der Waals surface area contributed by atoms with E-state index in [0.717, 1.165) is 24.3 Å². The van der Waals surface area contributed by atoms with E-state index < -0.39 is 0 Å². The van der Waals surface area contributed by atoms with Gasteiger partial charge in [-0.2, -0.15) is 0 Å². The maximum absolute atomic E-state index is 11.4. The van der Waals surface area contributed by atoms with Crippen LogP contribution in [0.3, 0.4) is 0 Å². The van der Waals surface area contributed by atoms with Gasteiger partial charge in [-0.25, -0.2) is 0 Å². The van der Waals surface area contributed by atoms with E-state index in [-0.39, 0.29) is 11.9 Å². The van der Waals surface area contributed by atoms with Crippen LogP contribution in [0.5, 0.6) is 0 Å². The molecule has 0 bridgehead atoms. The Balaban J connectivity index is 2.57. The quantitative estimate of drug-likeness (QED) is 0.534. The summed E-state index contributed by atoms with van der Waals surface area (Å²) in [6, 6.07) is -0.0831. The number of nitrogens with zero attached hydrogens (tertiary/aromatic N) is 2. The van der Waals surface area contributed by atoms with Gasteiger partial charge in [-0.3, -0.25) is 19.4 Å². The van der Waals surface area contributed by atoms with Gasteiger partial charge < -0.3 is 0 Å². The van der Waals surface area contributed by atoms with Crippen molar-refractivity contribution in [3.05, 3.63) is 0 Å². The molecular weight excluding hydrogens is 156 g/mol. The van der Waals surface area contributed by atoms with Gasteiger partial charge in [-0.1, -0.05) is 0 Å². The van der Waals surface area contributed by atoms with Crippen molar-refractivity contribution in [2.75, 3.05) is 20.6 Å². The molecule has 0 N–H and O–H groups in total. The van der Waals surface area contributed by atoms with Gasteiger partial charge in [0.1, 0.15) is 0 Å². The van der Waals surface area contributed by atoms with Crippen LogP contribution in [0.1, 0.15) is 12.8 Å². The standard InChI is InChI=1S/C8H14N2O2/c1-9-5-3-4-7(9)8(12)10(2)6-11/h6-7H,3-5H2,1-2H3. The van der Waals surface area contributed by atoms with Gasteiger partial charge in [0, 0.05) is 7.05 Å². The molecule has 0 aliphatic carbocycles. The molecule has 4 heteroatoms. The van der Waals surface area contributed by atoms with Crippen molar-refractivity contribution in [3.63, 3.8) is 0 Å². The van der Waals surface area contributed by atoms with E-state index in [1.807, 2.05) is 11.9 Å². The number of rotatable bonds is 2. The van der Waals surface area contributed by atoms with Gasteiger partial charge in [-0.15, -0.1) is 0 Å². The Morgan fingerprint density at radius 3 is 2.75 bits per heavy atom. The van der Waals surface area contributed by atoms with Crippen LogP contribution in [0.25, 0.3) is 0 Å². The predicted molar refractivity (Wildman–Crippen MR) is 44.5 cm³/mol. The molecule has 1 atom stereocenters. The number of hydrogen-bond acceptors (Lipinski definition) is 3. The number of likely N-dealkylation sites (tertiary alicyclic amines) is 1. The van der Waals surface area contributed by atoms with Crippen LogP contribution in [0.15, 0.2) is 0 Å². The number of likely N-dealkylation sites (N-methyl/N-ethyl adjacent to an activating group) is 2. The monoisotopic (exact) mass is 170 g/mol. The first-order valence-corrected chi connectivity index (χ1v) is 4.09. The van der Waals surface area contributed by atoms with Gasteiger partial charge in [-0.05, 0) is 26.4 Å². The number of carbonyl (C=O) groups excluding carboxylic acids is 2. The lowest BCUT2D eigenvalue weighted by molar-refractivity contribution is -0.139. The minimum absolute atomic E-state index is 0.0831. The SMILES string of the molecule is CN(C=O)C(=O)C1CCCN1C. The first kappa shape index (κ1) is 9.19. The maximum atomic E-state index is 11.4. The second-order valence-electron chi connectivity index (χ2n) is 3.19. The summed E-state index contributed by atoms with van der Waals surface area (Å²) in [6.07, 6.45) is 2.47. The Hall–Kier alpha value is -0.900. The average molecular weight is 170 g/mol. The summed E-state index contributed by atoms with van der Waals surface area (Å²) in [4.78, 5) is 24.8. The molecule has 0 aromatic heterocycles. The van der Waals surface area contributed by atoms with E-state index in [2.05, 4.69) is 0 Å². The molecule has 0 aromatic carbocycles. The van der Waals surface area contributed by atoms with E-state index in [9.17, 15) is 9.59 Å². The first-order valence-electron chi connectivity index (χ1n) is 4.09.